The van der Waals surface area contributed by atoms with Crippen molar-refractivity contribution in [2.24, 2.45) is 0 Å². The lowest BCUT2D eigenvalue weighted by Gasteiger charge is -2.35. The van der Waals surface area contributed by atoms with E-state index < -0.39 is 11.3 Å². The fraction of sp³-hybridized carbons (Fsp3) is 1.00. The van der Waals surface area contributed by atoms with Gasteiger partial charge in [-0.05, 0) is 33.2 Å². The van der Waals surface area contributed by atoms with E-state index in [2.05, 4.69) is 5.32 Å². The molecule has 10 heavy (non-hydrogen) atoms. The molecule has 0 amide bonds. The Morgan fingerprint density at radius 1 is 1.50 bits per heavy atom. The van der Waals surface area contributed by atoms with E-state index in [1.807, 2.05) is 0 Å². The summed E-state index contributed by atoms with van der Waals surface area (Å²) in [5.74, 6) is 0. The third kappa shape index (κ3) is 1.17. The molecule has 1 aliphatic rings. The second-order valence-corrected chi connectivity index (χ2v) is 3.45. The summed E-state index contributed by atoms with van der Waals surface area (Å²) in [6.45, 7) is 4.02. The second-order valence-electron chi connectivity index (χ2n) is 3.45. The molecule has 0 saturated carbocycles. The molecule has 3 heteroatoms. The first kappa shape index (κ1) is 7.98. The van der Waals surface area contributed by atoms with Gasteiger partial charge in [-0.1, -0.05) is 0 Å². The van der Waals surface area contributed by atoms with Crippen LogP contribution in [0.3, 0.4) is 0 Å². The second kappa shape index (κ2) is 2.19. The van der Waals surface area contributed by atoms with Crippen LogP contribution in [0.25, 0.3) is 0 Å². The number of hydrogen-bond donors (Lipinski definition) is 3. The van der Waals surface area contributed by atoms with Crippen molar-refractivity contribution in [2.75, 3.05) is 6.54 Å². The van der Waals surface area contributed by atoms with Crippen LogP contribution in [0.15, 0.2) is 0 Å². The van der Waals surface area contributed by atoms with E-state index in [0.717, 1.165) is 13.0 Å². The maximum atomic E-state index is 9.67. The van der Waals surface area contributed by atoms with Crippen LogP contribution in [-0.2, 0) is 0 Å². The quantitative estimate of drug-likeness (QED) is 0.480. The maximum absolute atomic E-state index is 9.67. The minimum atomic E-state index is -1.06. The zero-order valence-corrected chi connectivity index (χ0v) is 6.52. The lowest BCUT2D eigenvalue weighted by molar-refractivity contribution is -0.140. The summed E-state index contributed by atoms with van der Waals surface area (Å²) >= 11 is 0. The van der Waals surface area contributed by atoms with Crippen molar-refractivity contribution in [1.29, 1.82) is 0 Å². The average molecular weight is 145 g/mol. The molecule has 1 aliphatic heterocycles. The van der Waals surface area contributed by atoms with Gasteiger partial charge >= 0.3 is 0 Å². The van der Waals surface area contributed by atoms with Crippen LogP contribution in [-0.4, -0.2) is 28.1 Å². The normalized spacial score (nSPS) is 34.8. The van der Waals surface area contributed by atoms with Crippen LogP contribution in [0.2, 0.25) is 0 Å². The van der Waals surface area contributed by atoms with Crippen molar-refractivity contribution in [2.45, 2.75) is 38.0 Å². The van der Waals surface area contributed by atoms with Gasteiger partial charge < -0.3 is 10.2 Å². The molecule has 0 radical (unpaired) electrons. The predicted molar refractivity (Wildman–Crippen MR) is 38.5 cm³/mol. The molecule has 60 valence electrons. The van der Waals surface area contributed by atoms with Crippen LogP contribution in [0.1, 0.15) is 26.7 Å². The highest BCUT2D eigenvalue weighted by atomic mass is 16.4. The average Bonchev–Trinajstić information content (AvgIpc) is 2.13. The Morgan fingerprint density at radius 2 is 2.10 bits per heavy atom. The SMILES string of the molecule is CC(C)(O)C1(O)CCCN1. The molecule has 0 bridgehead atoms. The first-order valence-corrected chi connectivity index (χ1v) is 3.65. The molecular weight excluding hydrogens is 130 g/mol. The zero-order chi connectivity index (χ0) is 7.83. The number of nitrogens with one attached hydrogen (secondary N) is 1. The van der Waals surface area contributed by atoms with E-state index in [4.69, 9.17) is 0 Å². The van der Waals surface area contributed by atoms with Crippen molar-refractivity contribution in [3.8, 4) is 0 Å². The summed E-state index contributed by atoms with van der Waals surface area (Å²) in [7, 11) is 0. The van der Waals surface area contributed by atoms with Gasteiger partial charge in [-0.25, -0.2) is 0 Å². The summed E-state index contributed by atoms with van der Waals surface area (Å²) < 4.78 is 0. The van der Waals surface area contributed by atoms with Gasteiger partial charge in [0.2, 0.25) is 0 Å². The predicted octanol–water partition coefficient (Wildman–Crippen LogP) is -0.171. The molecule has 0 aromatic heterocycles. The van der Waals surface area contributed by atoms with Gasteiger partial charge in [-0.15, -0.1) is 0 Å². The van der Waals surface area contributed by atoms with Crippen LogP contribution in [0.5, 0.6) is 0 Å². The highest BCUT2D eigenvalue weighted by Gasteiger charge is 2.43. The molecule has 0 aromatic rings. The maximum Gasteiger partial charge on any atom is 0.144 e. The van der Waals surface area contributed by atoms with Crippen molar-refractivity contribution in [1.82, 2.24) is 5.32 Å². The molecule has 0 aromatic carbocycles. The third-order valence-electron chi connectivity index (χ3n) is 2.14. The minimum Gasteiger partial charge on any atom is -0.386 e. The van der Waals surface area contributed by atoms with Crippen molar-refractivity contribution in [3.05, 3.63) is 0 Å². The van der Waals surface area contributed by atoms with Crippen molar-refractivity contribution < 1.29 is 10.2 Å². The molecule has 1 atom stereocenters. The first-order valence-electron chi connectivity index (χ1n) is 3.65. The highest BCUT2D eigenvalue weighted by Crippen LogP contribution is 2.27. The first-order chi connectivity index (χ1) is 4.46. The standard InChI is InChI=1S/C7H15NO2/c1-6(2,9)7(10)4-3-5-8-7/h8-10H,3-5H2,1-2H3. The number of rotatable bonds is 1. The van der Waals surface area contributed by atoms with E-state index in [1.165, 1.54) is 0 Å². The Balaban J connectivity index is 2.67. The van der Waals surface area contributed by atoms with Gasteiger partial charge in [0.1, 0.15) is 11.3 Å². The van der Waals surface area contributed by atoms with E-state index in [0.29, 0.717) is 6.42 Å². The van der Waals surface area contributed by atoms with E-state index in [9.17, 15) is 10.2 Å². The largest absolute Gasteiger partial charge is 0.386 e. The van der Waals surface area contributed by atoms with E-state index >= 15 is 0 Å². The Morgan fingerprint density at radius 3 is 2.30 bits per heavy atom. The van der Waals surface area contributed by atoms with Crippen molar-refractivity contribution >= 4 is 0 Å². The Hall–Kier alpha value is -0.120. The van der Waals surface area contributed by atoms with Crippen LogP contribution in [0.4, 0.5) is 0 Å². The van der Waals surface area contributed by atoms with Crippen LogP contribution >= 0.6 is 0 Å². The van der Waals surface area contributed by atoms with Gasteiger partial charge in [0, 0.05) is 0 Å². The van der Waals surface area contributed by atoms with Crippen LogP contribution in [0, 0.1) is 0 Å². The summed E-state index contributed by atoms with van der Waals surface area (Å²) in [4.78, 5) is 0. The topological polar surface area (TPSA) is 52.5 Å². The minimum absolute atomic E-state index is 0.635. The number of aliphatic hydroxyl groups is 2. The lowest BCUT2D eigenvalue weighted by Crippen LogP contribution is -2.56. The smallest absolute Gasteiger partial charge is 0.144 e. The molecule has 1 fully saturated rings. The van der Waals surface area contributed by atoms with Gasteiger partial charge in [0.05, 0.1) is 0 Å². The summed E-state index contributed by atoms with van der Waals surface area (Å²) in [5, 5.41) is 22.0. The number of hydrogen-bond acceptors (Lipinski definition) is 3. The molecule has 3 nitrogen and oxygen atoms in total. The van der Waals surface area contributed by atoms with Crippen LogP contribution < -0.4 is 5.32 Å². The fourth-order valence-corrected chi connectivity index (χ4v) is 1.25. The molecule has 3 N–H and O–H groups in total. The molecule has 1 saturated heterocycles. The molecule has 1 unspecified atom stereocenters. The van der Waals surface area contributed by atoms with Gasteiger partial charge in [-0.2, -0.15) is 0 Å². The molecular formula is C7H15NO2. The van der Waals surface area contributed by atoms with Gasteiger partial charge in [0.15, 0.2) is 0 Å². The Bertz CT molecular complexity index is 122. The Labute approximate surface area is 61.1 Å². The third-order valence-corrected chi connectivity index (χ3v) is 2.14. The summed E-state index contributed by atoms with van der Waals surface area (Å²) in [6, 6.07) is 0. The fourth-order valence-electron chi connectivity index (χ4n) is 1.25. The molecule has 0 aliphatic carbocycles. The lowest BCUT2D eigenvalue weighted by atomic mass is 9.93. The molecule has 1 rings (SSSR count). The van der Waals surface area contributed by atoms with Crippen molar-refractivity contribution in [3.63, 3.8) is 0 Å². The van der Waals surface area contributed by atoms with E-state index in [-0.39, 0.29) is 0 Å². The summed E-state index contributed by atoms with van der Waals surface area (Å²) in [6.07, 6.45) is 1.57. The Kier molecular flexibility index (Phi) is 1.75. The molecule has 1 heterocycles. The molecule has 0 spiro atoms. The highest BCUT2D eigenvalue weighted by molar-refractivity contribution is 4.94. The zero-order valence-electron chi connectivity index (χ0n) is 6.52. The van der Waals surface area contributed by atoms with Gasteiger partial charge in [-0.3, -0.25) is 5.32 Å². The van der Waals surface area contributed by atoms with E-state index in [1.54, 1.807) is 13.8 Å². The summed E-state index contributed by atoms with van der Waals surface area (Å²) in [5.41, 5.74) is -2.10. The monoisotopic (exact) mass is 145 g/mol. The van der Waals surface area contributed by atoms with Gasteiger partial charge in [0.25, 0.3) is 0 Å².